The number of nitrogens with two attached hydrogens (primary N) is 1. The van der Waals surface area contributed by atoms with Gasteiger partial charge in [0.15, 0.2) is 0 Å². The monoisotopic (exact) mass is 319 g/mol. The largest absolute Gasteiger partial charge is 0.319 e. The molecule has 1 unspecified atom stereocenters. The third-order valence-corrected chi connectivity index (χ3v) is 4.41. The van der Waals surface area contributed by atoms with Crippen LogP contribution < -0.4 is 5.73 Å². The minimum Gasteiger partial charge on any atom is -0.319 e. The maximum Gasteiger partial charge on any atom is 0.129 e. The van der Waals surface area contributed by atoms with E-state index >= 15 is 0 Å². The Bertz CT molecular complexity index is 514. The molecule has 0 amide bonds. The average Bonchev–Trinajstić information content (AvgIpc) is 2.63. The summed E-state index contributed by atoms with van der Waals surface area (Å²) in [7, 11) is 0. The predicted octanol–water partition coefficient (Wildman–Crippen LogP) is 4.35. The van der Waals surface area contributed by atoms with Gasteiger partial charge in [0, 0.05) is 19.9 Å². The second kappa shape index (κ2) is 4.84. The zero-order valence-electron chi connectivity index (χ0n) is 8.08. The molecule has 0 aliphatic heterocycles. The van der Waals surface area contributed by atoms with E-state index in [1.807, 2.05) is 11.4 Å². The van der Waals surface area contributed by atoms with E-state index < -0.39 is 6.04 Å². The first-order chi connectivity index (χ1) is 7.59. The van der Waals surface area contributed by atoms with Gasteiger partial charge in [0.05, 0.1) is 6.04 Å². The summed E-state index contributed by atoms with van der Waals surface area (Å²) in [6.45, 7) is 0. The molecule has 1 aromatic carbocycles. The van der Waals surface area contributed by atoms with Gasteiger partial charge in [-0.15, -0.1) is 11.3 Å². The van der Waals surface area contributed by atoms with Gasteiger partial charge in [-0.05, 0) is 39.5 Å². The molecule has 0 spiro atoms. The van der Waals surface area contributed by atoms with E-state index in [2.05, 4.69) is 15.9 Å². The summed E-state index contributed by atoms with van der Waals surface area (Å²) in [4.78, 5) is 0.904. The molecule has 0 bridgehead atoms. The third kappa shape index (κ3) is 2.30. The molecule has 1 aromatic heterocycles. The lowest BCUT2D eigenvalue weighted by molar-refractivity contribution is 0.601. The molecule has 1 heterocycles. The van der Waals surface area contributed by atoms with Crippen LogP contribution in [0.5, 0.6) is 0 Å². The van der Waals surface area contributed by atoms with Crippen molar-refractivity contribution < 1.29 is 4.39 Å². The van der Waals surface area contributed by atoms with Crippen LogP contribution in [0.15, 0.2) is 34.1 Å². The Labute approximate surface area is 110 Å². The van der Waals surface area contributed by atoms with Crippen LogP contribution in [0.4, 0.5) is 4.39 Å². The van der Waals surface area contributed by atoms with E-state index in [1.165, 1.54) is 17.4 Å². The highest BCUT2D eigenvalue weighted by Gasteiger charge is 2.17. The van der Waals surface area contributed by atoms with Gasteiger partial charge in [-0.3, -0.25) is 0 Å². The molecule has 5 heteroatoms. The molecular weight excluding hydrogens is 313 g/mol. The third-order valence-electron chi connectivity index (χ3n) is 2.22. The SMILES string of the molecule is NC(c1ccc(Cl)cc1F)c1sccc1Br. The van der Waals surface area contributed by atoms with E-state index in [4.69, 9.17) is 17.3 Å². The molecule has 2 N–H and O–H groups in total. The summed E-state index contributed by atoms with van der Waals surface area (Å²) in [5.41, 5.74) is 6.46. The molecule has 2 rings (SSSR count). The van der Waals surface area contributed by atoms with Crippen LogP contribution in [0.1, 0.15) is 16.5 Å². The molecule has 0 aliphatic carbocycles. The standard InChI is InChI=1S/C11H8BrClFNS/c12-8-3-4-16-11(8)10(15)7-2-1-6(13)5-9(7)14/h1-5,10H,15H2. The van der Waals surface area contributed by atoms with Crippen molar-refractivity contribution in [1.82, 2.24) is 0 Å². The van der Waals surface area contributed by atoms with E-state index in [1.54, 1.807) is 12.1 Å². The summed E-state index contributed by atoms with van der Waals surface area (Å²) < 4.78 is 14.6. The molecule has 84 valence electrons. The van der Waals surface area contributed by atoms with Crippen molar-refractivity contribution in [2.75, 3.05) is 0 Å². The fourth-order valence-corrected chi connectivity index (χ4v) is 3.22. The van der Waals surface area contributed by atoms with Gasteiger partial charge in [-0.1, -0.05) is 17.7 Å². The van der Waals surface area contributed by atoms with Gasteiger partial charge in [0.25, 0.3) is 0 Å². The maximum absolute atomic E-state index is 13.6. The van der Waals surface area contributed by atoms with E-state index in [-0.39, 0.29) is 5.82 Å². The van der Waals surface area contributed by atoms with Gasteiger partial charge in [-0.25, -0.2) is 4.39 Å². The topological polar surface area (TPSA) is 26.0 Å². The first-order valence-electron chi connectivity index (χ1n) is 4.53. The van der Waals surface area contributed by atoms with E-state index in [0.29, 0.717) is 10.6 Å². The Morgan fingerprint density at radius 3 is 2.69 bits per heavy atom. The van der Waals surface area contributed by atoms with E-state index in [9.17, 15) is 4.39 Å². The van der Waals surface area contributed by atoms with Crippen molar-refractivity contribution in [2.24, 2.45) is 5.73 Å². The summed E-state index contributed by atoms with van der Waals surface area (Å²) in [6.07, 6.45) is 0. The van der Waals surface area contributed by atoms with Crippen molar-refractivity contribution >= 4 is 38.9 Å². The quantitative estimate of drug-likeness (QED) is 0.874. The summed E-state index contributed by atoms with van der Waals surface area (Å²) in [5, 5.41) is 2.28. The molecular formula is C11H8BrClFNS. The molecule has 0 aliphatic rings. The molecule has 1 atom stereocenters. The lowest BCUT2D eigenvalue weighted by Crippen LogP contribution is -2.12. The lowest BCUT2D eigenvalue weighted by Gasteiger charge is -2.12. The van der Waals surface area contributed by atoms with Crippen LogP contribution in [-0.4, -0.2) is 0 Å². The molecule has 0 saturated carbocycles. The number of benzene rings is 1. The molecule has 0 fully saturated rings. The first kappa shape index (κ1) is 12.0. The normalized spacial score (nSPS) is 12.8. The number of hydrogen-bond acceptors (Lipinski definition) is 2. The van der Waals surface area contributed by atoms with Gasteiger partial charge in [0.1, 0.15) is 5.82 Å². The number of hydrogen-bond donors (Lipinski definition) is 1. The number of thiophene rings is 1. The summed E-state index contributed by atoms with van der Waals surface area (Å²) >= 11 is 10.6. The Morgan fingerprint density at radius 1 is 1.38 bits per heavy atom. The van der Waals surface area contributed by atoms with Crippen LogP contribution in [0.2, 0.25) is 5.02 Å². The van der Waals surface area contributed by atoms with Crippen LogP contribution >= 0.6 is 38.9 Å². The van der Waals surface area contributed by atoms with E-state index in [0.717, 1.165) is 9.35 Å². The van der Waals surface area contributed by atoms with Crippen molar-refractivity contribution in [3.05, 3.63) is 55.4 Å². The molecule has 1 nitrogen and oxygen atoms in total. The van der Waals surface area contributed by atoms with Crippen LogP contribution in [0.3, 0.4) is 0 Å². The molecule has 2 aromatic rings. The van der Waals surface area contributed by atoms with Crippen molar-refractivity contribution in [2.45, 2.75) is 6.04 Å². The second-order valence-corrected chi connectivity index (χ2v) is 5.51. The Morgan fingerprint density at radius 2 is 2.12 bits per heavy atom. The first-order valence-corrected chi connectivity index (χ1v) is 6.58. The number of rotatable bonds is 2. The van der Waals surface area contributed by atoms with Gasteiger partial charge in [0.2, 0.25) is 0 Å². The number of halogens is 3. The fraction of sp³-hybridized carbons (Fsp3) is 0.0909. The smallest absolute Gasteiger partial charge is 0.129 e. The Hall–Kier alpha value is -0.420. The maximum atomic E-state index is 13.6. The van der Waals surface area contributed by atoms with Crippen LogP contribution in [0, 0.1) is 5.82 Å². The minimum atomic E-state index is -0.466. The van der Waals surface area contributed by atoms with Crippen molar-refractivity contribution in [3.63, 3.8) is 0 Å². The van der Waals surface area contributed by atoms with Crippen molar-refractivity contribution in [1.29, 1.82) is 0 Å². The zero-order valence-corrected chi connectivity index (χ0v) is 11.2. The van der Waals surface area contributed by atoms with Gasteiger partial charge < -0.3 is 5.73 Å². The zero-order chi connectivity index (χ0) is 11.7. The molecule has 16 heavy (non-hydrogen) atoms. The van der Waals surface area contributed by atoms with Crippen LogP contribution in [-0.2, 0) is 0 Å². The van der Waals surface area contributed by atoms with Gasteiger partial charge >= 0.3 is 0 Å². The van der Waals surface area contributed by atoms with Crippen molar-refractivity contribution in [3.8, 4) is 0 Å². The van der Waals surface area contributed by atoms with Gasteiger partial charge in [-0.2, -0.15) is 0 Å². The second-order valence-electron chi connectivity index (χ2n) is 3.28. The molecule has 0 radical (unpaired) electrons. The molecule has 0 saturated heterocycles. The summed E-state index contributed by atoms with van der Waals surface area (Å²) in [5.74, 6) is -0.375. The predicted molar refractivity (Wildman–Crippen MR) is 69.5 cm³/mol. The average molecular weight is 321 g/mol. The highest BCUT2D eigenvalue weighted by atomic mass is 79.9. The lowest BCUT2D eigenvalue weighted by atomic mass is 10.1. The fourth-order valence-electron chi connectivity index (χ4n) is 1.42. The Balaban J connectivity index is 2.41. The Kier molecular flexibility index (Phi) is 3.64. The van der Waals surface area contributed by atoms with Crippen LogP contribution in [0.25, 0.3) is 0 Å². The highest BCUT2D eigenvalue weighted by molar-refractivity contribution is 9.10. The summed E-state index contributed by atoms with van der Waals surface area (Å²) in [6, 6.07) is 5.97. The minimum absolute atomic E-state index is 0.374. The highest BCUT2D eigenvalue weighted by Crippen LogP contribution is 2.33.